The van der Waals surface area contributed by atoms with E-state index in [0.29, 0.717) is 0 Å². The van der Waals surface area contributed by atoms with Gasteiger partial charge in [0.05, 0.1) is 0 Å². The Kier molecular flexibility index (Phi) is 7.38. The standard InChI is InChI=1S/C8H20AsO6P/c1-9(2,3)4-5-14-16(12,13)15-7-8(11)6-10/h8,10-11H,4-7H2,1-3H3/p+1. The van der Waals surface area contributed by atoms with E-state index in [4.69, 9.17) is 14.7 Å². The monoisotopic (exact) mass is 319 g/mol. The normalized spacial score (nSPS) is 18.1. The number of hydrogen-bond acceptors (Lipinski definition) is 5. The van der Waals surface area contributed by atoms with Crippen molar-refractivity contribution in [3.05, 3.63) is 0 Å². The minimum absolute atomic E-state index is 0.180. The first-order valence-electron chi connectivity index (χ1n) is 4.87. The van der Waals surface area contributed by atoms with Crippen molar-refractivity contribution < 1.29 is 28.7 Å². The molecule has 0 aliphatic rings. The molecule has 0 spiro atoms. The maximum atomic E-state index is 11.3. The van der Waals surface area contributed by atoms with Gasteiger partial charge in [0.15, 0.2) is 0 Å². The average Bonchev–Trinajstić information content (AvgIpc) is 2.12. The van der Waals surface area contributed by atoms with Crippen molar-refractivity contribution in [1.82, 2.24) is 0 Å². The summed E-state index contributed by atoms with van der Waals surface area (Å²) in [7, 11) is -4.09. The van der Waals surface area contributed by atoms with Crippen molar-refractivity contribution in [2.24, 2.45) is 0 Å². The molecule has 3 N–H and O–H groups in total. The van der Waals surface area contributed by atoms with E-state index in [0.717, 1.165) is 5.21 Å². The molecule has 6 nitrogen and oxygen atoms in total. The van der Waals surface area contributed by atoms with Gasteiger partial charge >= 0.3 is 98.4 Å². The van der Waals surface area contributed by atoms with E-state index in [1.54, 1.807) is 0 Å². The molecule has 2 atom stereocenters. The number of hydrogen-bond donors (Lipinski definition) is 3. The van der Waals surface area contributed by atoms with Crippen molar-refractivity contribution in [2.75, 3.05) is 19.8 Å². The van der Waals surface area contributed by atoms with Crippen molar-refractivity contribution in [3.63, 3.8) is 0 Å². The Labute approximate surface area is 98.6 Å². The Morgan fingerprint density at radius 3 is 2.31 bits per heavy atom. The number of phosphoric ester groups is 1. The maximum absolute atomic E-state index is 11.3. The van der Waals surface area contributed by atoms with Crippen molar-refractivity contribution in [1.29, 1.82) is 0 Å². The van der Waals surface area contributed by atoms with E-state index in [-0.39, 0.29) is 6.61 Å². The van der Waals surface area contributed by atoms with Crippen molar-refractivity contribution in [3.8, 4) is 0 Å². The number of phosphoric acid groups is 1. The van der Waals surface area contributed by atoms with Gasteiger partial charge in [-0.1, -0.05) is 0 Å². The van der Waals surface area contributed by atoms with Gasteiger partial charge in [-0.3, -0.25) is 0 Å². The summed E-state index contributed by atoms with van der Waals surface area (Å²) in [5, 5.41) is 18.2. The molecule has 0 heterocycles. The SMILES string of the molecule is C[As+](C)(C)CCOP(=O)(O)OCC(O)CO. The fourth-order valence-corrected chi connectivity index (χ4v) is 3.11. The zero-order chi connectivity index (χ0) is 12.8. The van der Waals surface area contributed by atoms with Crippen LogP contribution < -0.4 is 0 Å². The first kappa shape index (κ1) is 16.6. The van der Waals surface area contributed by atoms with Gasteiger partial charge in [0.2, 0.25) is 0 Å². The summed E-state index contributed by atoms with van der Waals surface area (Å²) in [6, 6.07) is 0. The molecular weight excluding hydrogens is 298 g/mol. The Bertz CT molecular complexity index is 241. The molecule has 0 fully saturated rings. The number of aliphatic hydroxyl groups excluding tert-OH is 2. The Morgan fingerprint density at radius 1 is 1.31 bits per heavy atom. The molecular formula is C8H21AsO6P+. The molecule has 0 saturated heterocycles. The van der Waals surface area contributed by atoms with E-state index < -0.39 is 40.7 Å². The van der Waals surface area contributed by atoms with Gasteiger partial charge in [0.1, 0.15) is 0 Å². The predicted octanol–water partition coefficient (Wildman–Crippen LogP) is 0.811. The minimum atomic E-state index is -4.09. The molecule has 0 aliphatic heterocycles. The van der Waals surface area contributed by atoms with E-state index >= 15 is 0 Å². The average molecular weight is 319 g/mol. The number of aliphatic hydroxyl groups is 2. The third kappa shape index (κ3) is 9.79. The van der Waals surface area contributed by atoms with Crippen LogP contribution in [0, 0.1) is 0 Å². The van der Waals surface area contributed by atoms with E-state index in [9.17, 15) is 9.46 Å². The molecule has 0 amide bonds. The fourth-order valence-electron chi connectivity index (χ4n) is 0.700. The molecule has 0 radical (unpaired) electrons. The van der Waals surface area contributed by atoms with Crippen LogP contribution in [0.5, 0.6) is 0 Å². The molecule has 0 aromatic heterocycles. The quantitative estimate of drug-likeness (QED) is 0.453. The summed E-state index contributed by atoms with van der Waals surface area (Å²) >= 11 is -1.62. The van der Waals surface area contributed by atoms with Crippen LogP contribution in [-0.2, 0) is 13.6 Å². The zero-order valence-electron chi connectivity index (χ0n) is 9.87. The summed E-state index contributed by atoms with van der Waals surface area (Å²) in [6.45, 7) is -0.754. The van der Waals surface area contributed by atoms with Gasteiger partial charge < -0.3 is 0 Å². The van der Waals surface area contributed by atoms with Gasteiger partial charge in [-0.15, -0.1) is 0 Å². The van der Waals surface area contributed by atoms with Crippen molar-refractivity contribution >= 4 is 21.4 Å². The Hall–Kier alpha value is 0.588. The third-order valence-electron chi connectivity index (χ3n) is 1.66. The third-order valence-corrected chi connectivity index (χ3v) is 5.84. The second kappa shape index (κ2) is 7.12. The second-order valence-electron chi connectivity index (χ2n) is 4.45. The van der Waals surface area contributed by atoms with Gasteiger partial charge in [-0.05, 0) is 0 Å². The van der Waals surface area contributed by atoms with Crippen LogP contribution in [0.15, 0.2) is 0 Å². The van der Waals surface area contributed by atoms with Crippen LogP contribution in [-0.4, -0.2) is 54.6 Å². The summed E-state index contributed by atoms with van der Waals surface area (Å²) < 4.78 is 20.5. The molecule has 0 bridgehead atoms. The first-order valence-corrected chi connectivity index (χ1v) is 13.3. The van der Waals surface area contributed by atoms with E-state index in [1.165, 1.54) is 0 Å². The summed E-state index contributed by atoms with van der Waals surface area (Å²) in [5.74, 6) is 0. The summed E-state index contributed by atoms with van der Waals surface area (Å²) in [5.41, 5.74) is 6.46. The van der Waals surface area contributed by atoms with Crippen LogP contribution in [0.1, 0.15) is 0 Å². The summed E-state index contributed by atoms with van der Waals surface area (Å²) in [6.07, 6.45) is -1.16. The molecule has 16 heavy (non-hydrogen) atoms. The Balaban J connectivity index is 3.83. The molecule has 0 saturated carbocycles. The van der Waals surface area contributed by atoms with Gasteiger partial charge in [-0.25, -0.2) is 0 Å². The molecule has 2 unspecified atom stereocenters. The van der Waals surface area contributed by atoms with Crippen LogP contribution in [0.4, 0.5) is 0 Å². The zero-order valence-corrected chi connectivity index (χ0v) is 12.6. The predicted molar refractivity (Wildman–Crippen MR) is 63.0 cm³/mol. The molecule has 98 valence electrons. The molecule has 0 rings (SSSR count). The first-order chi connectivity index (χ1) is 7.16. The van der Waals surface area contributed by atoms with Crippen molar-refractivity contribution in [2.45, 2.75) is 28.4 Å². The van der Waals surface area contributed by atoms with Gasteiger partial charge in [-0.2, -0.15) is 0 Å². The molecule has 0 aliphatic carbocycles. The van der Waals surface area contributed by atoms with E-state index in [2.05, 4.69) is 21.7 Å². The Morgan fingerprint density at radius 2 is 1.88 bits per heavy atom. The fraction of sp³-hybridized carbons (Fsp3) is 1.00. The number of rotatable bonds is 8. The van der Waals surface area contributed by atoms with Crippen LogP contribution in [0.2, 0.25) is 22.3 Å². The summed E-state index contributed by atoms with van der Waals surface area (Å²) in [4.78, 5) is 9.19. The molecule has 8 heteroatoms. The van der Waals surface area contributed by atoms with Gasteiger partial charge in [0.25, 0.3) is 0 Å². The molecule has 0 aromatic carbocycles. The topological polar surface area (TPSA) is 96.2 Å². The second-order valence-corrected chi connectivity index (χ2v) is 16.5. The van der Waals surface area contributed by atoms with Crippen LogP contribution in [0.25, 0.3) is 0 Å². The van der Waals surface area contributed by atoms with E-state index in [1.807, 2.05) is 0 Å². The van der Waals surface area contributed by atoms with Gasteiger partial charge in [0, 0.05) is 0 Å². The van der Waals surface area contributed by atoms with Crippen LogP contribution >= 0.6 is 7.82 Å². The molecule has 0 aromatic rings. The van der Waals surface area contributed by atoms with Crippen LogP contribution in [0.3, 0.4) is 0 Å².